The van der Waals surface area contributed by atoms with Crippen LogP contribution in [0, 0.1) is 0 Å². The highest BCUT2D eigenvalue weighted by molar-refractivity contribution is 6.04. The van der Waals surface area contributed by atoms with Crippen LogP contribution in [0.5, 0.6) is 5.75 Å². The van der Waals surface area contributed by atoms with Gasteiger partial charge in [0.2, 0.25) is 5.95 Å². The number of ether oxygens (including phenoxy) is 1. The number of likely N-dealkylation sites (N-methyl/N-ethyl adjacent to an activating group) is 1. The molecular formula is C28H28N6O4. The van der Waals surface area contributed by atoms with E-state index < -0.39 is 12.2 Å². The lowest BCUT2D eigenvalue weighted by Gasteiger charge is -2.22. The molecule has 2 aromatic heterocycles. The average molecular weight is 513 g/mol. The molecule has 0 spiro atoms. The topological polar surface area (TPSA) is 121 Å². The van der Waals surface area contributed by atoms with E-state index in [9.17, 15) is 14.7 Å². The number of aromatic nitrogens is 3. The van der Waals surface area contributed by atoms with Crippen molar-refractivity contribution in [3.8, 4) is 17.0 Å². The fourth-order valence-electron chi connectivity index (χ4n) is 3.59. The highest BCUT2D eigenvalue weighted by atomic mass is 16.6. The van der Waals surface area contributed by atoms with Gasteiger partial charge in [-0.05, 0) is 29.8 Å². The molecule has 2 N–H and O–H groups in total. The van der Waals surface area contributed by atoms with Crippen molar-refractivity contribution in [3.63, 3.8) is 0 Å². The number of benzene rings is 2. The quantitative estimate of drug-likeness (QED) is 0.363. The minimum atomic E-state index is -1.02. The first kappa shape index (κ1) is 26.2. The summed E-state index contributed by atoms with van der Waals surface area (Å²) in [7, 11) is 5.17. The van der Waals surface area contributed by atoms with E-state index in [0.29, 0.717) is 28.5 Å². The number of carbonyl (C=O) groups excluding carboxylic acids is 2. The van der Waals surface area contributed by atoms with E-state index in [1.54, 1.807) is 47.5 Å². The zero-order chi connectivity index (χ0) is 27.1. The molecule has 1 atom stereocenters. The van der Waals surface area contributed by atoms with E-state index in [1.165, 1.54) is 24.3 Å². The number of hydrogen-bond acceptors (Lipinski definition) is 8. The molecule has 0 aliphatic heterocycles. The van der Waals surface area contributed by atoms with Gasteiger partial charge in [0.25, 0.3) is 5.91 Å². The van der Waals surface area contributed by atoms with Gasteiger partial charge in [-0.1, -0.05) is 42.5 Å². The van der Waals surface area contributed by atoms with Crippen molar-refractivity contribution in [1.82, 2.24) is 19.9 Å². The number of rotatable bonds is 8. The molecule has 0 aliphatic carbocycles. The molecule has 0 aliphatic rings. The Bertz CT molecular complexity index is 1400. The number of aliphatic hydroxyl groups excluding tert-OH is 1. The lowest BCUT2D eigenvalue weighted by atomic mass is 10.1. The highest BCUT2D eigenvalue weighted by Crippen LogP contribution is 2.29. The molecule has 194 valence electrons. The maximum Gasteiger partial charge on any atom is 0.415 e. The van der Waals surface area contributed by atoms with Crippen LogP contribution in [0.4, 0.5) is 16.4 Å². The van der Waals surface area contributed by atoms with E-state index in [4.69, 9.17) is 4.74 Å². The van der Waals surface area contributed by atoms with Gasteiger partial charge in [0, 0.05) is 44.8 Å². The number of nitrogens with zero attached hydrogens (tertiary/aromatic N) is 5. The highest BCUT2D eigenvalue weighted by Gasteiger charge is 2.21. The Morgan fingerprint density at radius 1 is 1.00 bits per heavy atom. The largest absolute Gasteiger partial charge is 0.415 e. The first-order chi connectivity index (χ1) is 18.3. The van der Waals surface area contributed by atoms with Crippen molar-refractivity contribution in [1.29, 1.82) is 0 Å². The number of hydrogen-bond donors (Lipinski definition) is 2. The summed E-state index contributed by atoms with van der Waals surface area (Å²) in [5.74, 6) is 0.360. The van der Waals surface area contributed by atoms with Crippen molar-refractivity contribution >= 4 is 23.6 Å². The fourth-order valence-corrected chi connectivity index (χ4v) is 3.59. The predicted molar refractivity (Wildman–Crippen MR) is 144 cm³/mol. The Labute approximate surface area is 220 Å². The van der Waals surface area contributed by atoms with E-state index in [-0.39, 0.29) is 18.2 Å². The summed E-state index contributed by atoms with van der Waals surface area (Å²) in [5, 5.41) is 13.6. The van der Waals surface area contributed by atoms with E-state index in [1.807, 2.05) is 44.4 Å². The SMILES string of the molecule is CN(CC(O)c1cccc(NC(=O)c2cccnc2)c1)C(=O)Oc1cnc(N(C)C)nc1-c1ccccc1. The molecule has 10 heteroatoms. The van der Waals surface area contributed by atoms with Crippen molar-refractivity contribution in [2.45, 2.75) is 6.10 Å². The Balaban J connectivity index is 1.44. The Hall–Kier alpha value is -4.83. The zero-order valence-corrected chi connectivity index (χ0v) is 21.3. The number of carbonyl (C=O) groups is 2. The van der Waals surface area contributed by atoms with Crippen LogP contribution in [-0.4, -0.2) is 64.6 Å². The molecule has 0 saturated carbocycles. The smallest absolute Gasteiger partial charge is 0.406 e. The maximum atomic E-state index is 12.9. The predicted octanol–water partition coefficient (Wildman–Crippen LogP) is 4.02. The zero-order valence-electron chi connectivity index (χ0n) is 21.3. The van der Waals surface area contributed by atoms with Crippen LogP contribution < -0.4 is 15.0 Å². The van der Waals surface area contributed by atoms with Gasteiger partial charge in [0.15, 0.2) is 5.75 Å². The van der Waals surface area contributed by atoms with Crippen LogP contribution in [0.25, 0.3) is 11.3 Å². The van der Waals surface area contributed by atoms with Crippen LogP contribution in [0.1, 0.15) is 22.0 Å². The first-order valence-electron chi connectivity index (χ1n) is 11.8. The van der Waals surface area contributed by atoms with Crippen LogP contribution in [0.2, 0.25) is 0 Å². The lowest BCUT2D eigenvalue weighted by molar-refractivity contribution is 0.102. The Morgan fingerprint density at radius 3 is 2.50 bits per heavy atom. The normalized spacial score (nSPS) is 11.4. The summed E-state index contributed by atoms with van der Waals surface area (Å²) < 4.78 is 5.63. The summed E-state index contributed by atoms with van der Waals surface area (Å²) in [6.45, 7) is -0.0455. The second kappa shape index (κ2) is 11.9. The van der Waals surface area contributed by atoms with Gasteiger partial charge >= 0.3 is 6.09 Å². The van der Waals surface area contributed by atoms with E-state index >= 15 is 0 Å². The molecule has 0 fully saturated rings. The molecule has 4 aromatic rings. The van der Waals surface area contributed by atoms with Gasteiger partial charge in [-0.15, -0.1) is 0 Å². The van der Waals surface area contributed by atoms with E-state index in [0.717, 1.165) is 5.56 Å². The number of anilines is 2. The van der Waals surface area contributed by atoms with Crippen molar-refractivity contribution in [2.24, 2.45) is 0 Å². The van der Waals surface area contributed by atoms with Gasteiger partial charge in [0.05, 0.1) is 24.4 Å². The number of nitrogens with one attached hydrogen (secondary N) is 1. The molecule has 2 amide bonds. The Kier molecular flexibility index (Phi) is 8.24. The number of amides is 2. The third-order valence-corrected chi connectivity index (χ3v) is 5.60. The monoisotopic (exact) mass is 512 g/mol. The summed E-state index contributed by atoms with van der Waals surface area (Å²) >= 11 is 0. The molecule has 0 radical (unpaired) electrons. The first-order valence-corrected chi connectivity index (χ1v) is 11.8. The standard InChI is InChI=1S/C28H28N6O4/c1-33(2)27-30-17-24(25(32-27)19-9-5-4-6-10-19)38-28(37)34(3)18-23(35)20-11-7-13-22(15-20)31-26(36)21-12-8-14-29-16-21/h4-17,23,35H,18H2,1-3H3,(H,31,36). The second-order valence-corrected chi connectivity index (χ2v) is 8.73. The molecule has 1 unspecified atom stereocenters. The van der Waals surface area contributed by atoms with Gasteiger partial charge in [-0.25, -0.2) is 14.8 Å². The molecule has 10 nitrogen and oxygen atoms in total. The molecule has 4 rings (SSSR count). The van der Waals surface area contributed by atoms with Gasteiger partial charge in [0.1, 0.15) is 5.69 Å². The lowest BCUT2D eigenvalue weighted by Crippen LogP contribution is -2.33. The summed E-state index contributed by atoms with van der Waals surface area (Å²) in [5.41, 5.74) is 2.69. The molecule has 2 aromatic carbocycles. The maximum absolute atomic E-state index is 12.9. The van der Waals surface area contributed by atoms with Crippen LogP contribution in [0.3, 0.4) is 0 Å². The second-order valence-electron chi connectivity index (χ2n) is 8.73. The van der Waals surface area contributed by atoms with Gasteiger partial charge in [-0.3, -0.25) is 9.78 Å². The van der Waals surface area contributed by atoms with Crippen LogP contribution >= 0.6 is 0 Å². The third kappa shape index (κ3) is 6.48. The molecule has 0 bridgehead atoms. The summed E-state index contributed by atoms with van der Waals surface area (Å²) in [6, 6.07) is 19.5. The van der Waals surface area contributed by atoms with Crippen molar-refractivity contribution in [2.75, 3.05) is 37.9 Å². The fraction of sp³-hybridized carbons (Fsp3) is 0.179. The number of aliphatic hydroxyl groups is 1. The third-order valence-electron chi connectivity index (χ3n) is 5.60. The molecule has 38 heavy (non-hydrogen) atoms. The van der Waals surface area contributed by atoms with Crippen molar-refractivity contribution in [3.05, 3.63) is 96.4 Å². The summed E-state index contributed by atoms with van der Waals surface area (Å²) in [4.78, 5) is 41.1. The van der Waals surface area contributed by atoms with Crippen molar-refractivity contribution < 1.29 is 19.4 Å². The summed E-state index contributed by atoms with van der Waals surface area (Å²) in [6.07, 6.45) is 2.81. The minimum Gasteiger partial charge on any atom is -0.406 e. The minimum absolute atomic E-state index is 0.0455. The Morgan fingerprint density at radius 2 is 1.79 bits per heavy atom. The van der Waals surface area contributed by atoms with Gasteiger partial charge < -0.3 is 25.0 Å². The van der Waals surface area contributed by atoms with Crippen LogP contribution in [-0.2, 0) is 0 Å². The van der Waals surface area contributed by atoms with Crippen LogP contribution in [0.15, 0.2) is 85.3 Å². The molecular weight excluding hydrogens is 484 g/mol. The van der Waals surface area contributed by atoms with E-state index in [2.05, 4.69) is 20.3 Å². The number of pyridine rings is 1. The average Bonchev–Trinajstić information content (AvgIpc) is 2.94. The molecule has 2 heterocycles. The molecule has 0 saturated heterocycles. The van der Waals surface area contributed by atoms with Gasteiger partial charge in [-0.2, -0.15) is 0 Å².